The number of anilines is 1. The fourth-order valence-electron chi connectivity index (χ4n) is 2.31. The van der Waals surface area contributed by atoms with Gasteiger partial charge in [-0.2, -0.15) is 0 Å². The van der Waals surface area contributed by atoms with E-state index in [0.717, 1.165) is 16.3 Å². The van der Waals surface area contributed by atoms with Crippen molar-refractivity contribution in [2.24, 2.45) is 0 Å². The van der Waals surface area contributed by atoms with Crippen molar-refractivity contribution in [3.8, 4) is 12.3 Å². The zero-order chi connectivity index (χ0) is 14.7. The first-order valence-corrected chi connectivity index (χ1v) is 6.64. The highest BCUT2D eigenvalue weighted by atomic mass is 16.1. The van der Waals surface area contributed by atoms with Crippen LogP contribution in [0.1, 0.15) is 15.9 Å². The predicted octanol–water partition coefficient (Wildman–Crippen LogP) is 4.07. The highest BCUT2D eigenvalue weighted by Crippen LogP contribution is 2.20. The van der Waals surface area contributed by atoms with Crippen LogP contribution in [0.25, 0.3) is 10.8 Å². The molecule has 3 aromatic carbocycles. The number of carbonyl (C=O) groups is 1. The summed E-state index contributed by atoms with van der Waals surface area (Å²) in [6.07, 6.45) is 5.37. The molecule has 0 aromatic heterocycles. The van der Waals surface area contributed by atoms with Crippen molar-refractivity contribution in [2.45, 2.75) is 0 Å². The standard InChI is InChI=1S/C19H13NO/c1-2-14-7-5-10-16(13-14)20-19(21)18-12-6-9-15-8-3-4-11-17(15)18/h1,3-13H,(H,20,21). The van der Waals surface area contributed by atoms with Crippen LogP contribution in [0.4, 0.5) is 5.69 Å². The van der Waals surface area contributed by atoms with Gasteiger partial charge in [-0.15, -0.1) is 6.42 Å². The number of carbonyl (C=O) groups excluding carboxylic acids is 1. The number of nitrogens with one attached hydrogen (secondary N) is 1. The van der Waals surface area contributed by atoms with Crippen molar-refractivity contribution in [3.05, 3.63) is 77.9 Å². The maximum absolute atomic E-state index is 12.5. The smallest absolute Gasteiger partial charge is 0.256 e. The summed E-state index contributed by atoms with van der Waals surface area (Å²) in [5, 5.41) is 4.87. The third kappa shape index (κ3) is 2.63. The molecule has 3 aromatic rings. The van der Waals surface area contributed by atoms with E-state index < -0.39 is 0 Å². The van der Waals surface area contributed by atoms with Gasteiger partial charge in [-0.05, 0) is 35.0 Å². The lowest BCUT2D eigenvalue weighted by atomic mass is 10.0. The molecule has 0 aliphatic carbocycles. The van der Waals surface area contributed by atoms with Crippen LogP contribution in [-0.2, 0) is 0 Å². The summed E-state index contributed by atoms with van der Waals surface area (Å²) in [6, 6.07) is 20.8. The fraction of sp³-hybridized carbons (Fsp3) is 0. The lowest BCUT2D eigenvalue weighted by Gasteiger charge is -2.08. The van der Waals surface area contributed by atoms with E-state index in [0.29, 0.717) is 11.3 Å². The zero-order valence-corrected chi connectivity index (χ0v) is 11.3. The monoisotopic (exact) mass is 271 g/mol. The topological polar surface area (TPSA) is 29.1 Å². The normalized spacial score (nSPS) is 10.0. The van der Waals surface area contributed by atoms with Gasteiger partial charge in [-0.3, -0.25) is 4.79 Å². The molecule has 0 saturated heterocycles. The number of benzene rings is 3. The van der Waals surface area contributed by atoms with Crippen LogP contribution in [0.3, 0.4) is 0 Å². The van der Waals surface area contributed by atoms with Crippen LogP contribution in [0.2, 0.25) is 0 Å². The van der Waals surface area contributed by atoms with E-state index in [2.05, 4.69) is 11.2 Å². The summed E-state index contributed by atoms with van der Waals surface area (Å²) in [7, 11) is 0. The molecule has 1 N–H and O–H groups in total. The Hall–Kier alpha value is -3.05. The summed E-state index contributed by atoms with van der Waals surface area (Å²) >= 11 is 0. The lowest BCUT2D eigenvalue weighted by molar-refractivity contribution is 0.102. The quantitative estimate of drug-likeness (QED) is 0.699. The molecule has 0 spiro atoms. The summed E-state index contributed by atoms with van der Waals surface area (Å²) in [5.41, 5.74) is 2.09. The molecule has 2 heteroatoms. The molecule has 0 atom stereocenters. The predicted molar refractivity (Wildman–Crippen MR) is 86.3 cm³/mol. The van der Waals surface area contributed by atoms with E-state index >= 15 is 0 Å². The van der Waals surface area contributed by atoms with E-state index in [9.17, 15) is 4.79 Å². The molecule has 0 aliphatic heterocycles. The van der Waals surface area contributed by atoms with E-state index in [1.807, 2.05) is 60.7 Å². The van der Waals surface area contributed by atoms with Gasteiger partial charge in [-0.1, -0.05) is 48.4 Å². The average molecular weight is 271 g/mol. The van der Waals surface area contributed by atoms with Crippen LogP contribution in [0.15, 0.2) is 66.7 Å². The van der Waals surface area contributed by atoms with Crippen LogP contribution in [-0.4, -0.2) is 5.91 Å². The van der Waals surface area contributed by atoms with E-state index in [1.54, 1.807) is 6.07 Å². The Labute approximate surface area is 123 Å². The van der Waals surface area contributed by atoms with Gasteiger partial charge in [0.05, 0.1) is 0 Å². The molecule has 100 valence electrons. The Morgan fingerprint density at radius 2 is 1.71 bits per heavy atom. The summed E-state index contributed by atoms with van der Waals surface area (Å²) in [6.45, 7) is 0. The Bertz CT molecular complexity index is 853. The molecule has 0 bridgehead atoms. The molecule has 0 saturated carbocycles. The Kier molecular flexibility index (Phi) is 3.41. The number of hydrogen-bond acceptors (Lipinski definition) is 1. The van der Waals surface area contributed by atoms with Gasteiger partial charge < -0.3 is 5.32 Å². The highest BCUT2D eigenvalue weighted by Gasteiger charge is 2.09. The first-order chi connectivity index (χ1) is 10.3. The molecule has 21 heavy (non-hydrogen) atoms. The van der Waals surface area contributed by atoms with Crippen LogP contribution < -0.4 is 5.32 Å². The molecule has 3 rings (SSSR count). The lowest BCUT2D eigenvalue weighted by Crippen LogP contribution is -2.12. The Morgan fingerprint density at radius 3 is 2.57 bits per heavy atom. The van der Waals surface area contributed by atoms with E-state index in [1.165, 1.54) is 0 Å². The maximum atomic E-state index is 12.5. The van der Waals surface area contributed by atoms with Crippen molar-refractivity contribution in [1.82, 2.24) is 0 Å². The molecule has 1 amide bonds. The number of rotatable bonds is 2. The van der Waals surface area contributed by atoms with Crippen molar-refractivity contribution >= 4 is 22.4 Å². The second-order valence-corrected chi connectivity index (χ2v) is 4.71. The van der Waals surface area contributed by atoms with Crippen molar-refractivity contribution in [1.29, 1.82) is 0 Å². The van der Waals surface area contributed by atoms with Crippen molar-refractivity contribution in [3.63, 3.8) is 0 Å². The van der Waals surface area contributed by atoms with Gasteiger partial charge in [0, 0.05) is 16.8 Å². The number of terminal acetylenes is 1. The van der Waals surface area contributed by atoms with Crippen LogP contribution in [0.5, 0.6) is 0 Å². The van der Waals surface area contributed by atoms with Crippen LogP contribution >= 0.6 is 0 Å². The average Bonchev–Trinajstić information content (AvgIpc) is 2.54. The van der Waals surface area contributed by atoms with Gasteiger partial charge >= 0.3 is 0 Å². The first-order valence-electron chi connectivity index (χ1n) is 6.64. The van der Waals surface area contributed by atoms with Crippen molar-refractivity contribution < 1.29 is 4.79 Å². The minimum atomic E-state index is -0.138. The SMILES string of the molecule is C#Cc1cccc(NC(=O)c2cccc3ccccc23)c1. The number of hydrogen-bond donors (Lipinski definition) is 1. The minimum absolute atomic E-state index is 0.138. The number of amides is 1. The van der Waals surface area contributed by atoms with Gasteiger partial charge in [0.15, 0.2) is 0 Å². The Balaban J connectivity index is 1.96. The third-order valence-corrected chi connectivity index (χ3v) is 3.32. The summed E-state index contributed by atoms with van der Waals surface area (Å²) < 4.78 is 0. The first kappa shape index (κ1) is 13.0. The van der Waals surface area contributed by atoms with Gasteiger partial charge in [-0.25, -0.2) is 0 Å². The second kappa shape index (κ2) is 5.52. The van der Waals surface area contributed by atoms with Gasteiger partial charge in [0.2, 0.25) is 0 Å². The highest BCUT2D eigenvalue weighted by molar-refractivity contribution is 6.12. The minimum Gasteiger partial charge on any atom is -0.322 e. The molecule has 0 aliphatic rings. The zero-order valence-electron chi connectivity index (χ0n) is 11.3. The van der Waals surface area contributed by atoms with Crippen LogP contribution in [0, 0.1) is 12.3 Å². The largest absolute Gasteiger partial charge is 0.322 e. The molecule has 0 unspecified atom stereocenters. The molecule has 0 heterocycles. The maximum Gasteiger partial charge on any atom is 0.256 e. The Morgan fingerprint density at radius 1 is 0.952 bits per heavy atom. The molecule has 0 radical (unpaired) electrons. The molecule has 0 fully saturated rings. The fourth-order valence-corrected chi connectivity index (χ4v) is 2.31. The summed E-state index contributed by atoms with van der Waals surface area (Å²) in [4.78, 5) is 12.5. The van der Waals surface area contributed by atoms with Gasteiger partial charge in [0.25, 0.3) is 5.91 Å². The number of fused-ring (bicyclic) bond motifs is 1. The second-order valence-electron chi connectivity index (χ2n) is 4.71. The molecular formula is C19H13NO. The van der Waals surface area contributed by atoms with E-state index in [4.69, 9.17) is 6.42 Å². The summed E-state index contributed by atoms with van der Waals surface area (Å²) in [5.74, 6) is 2.42. The van der Waals surface area contributed by atoms with Gasteiger partial charge in [0.1, 0.15) is 0 Å². The third-order valence-electron chi connectivity index (χ3n) is 3.32. The van der Waals surface area contributed by atoms with E-state index in [-0.39, 0.29) is 5.91 Å². The molecule has 2 nitrogen and oxygen atoms in total. The van der Waals surface area contributed by atoms with Crippen molar-refractivity contribution in [2.75, 3.05) is 5.32 Å². The molecular weight excluding hydrogens is 258 g/mol.